The Morgan fingerprint density at radius 1 is 1.03 bits per heavy atom. The van der Waals surface area contributed by atoms with Crippen LogP contribution in [0.15, 0.2) is 59.6 Å². The maximum atomic E-state index is 13.2. The number of benzodiazepines with no additional fused rings is 1. The number of nitrogens with zero attached hydrogens (tertiary/aromatic N) is 2. The number of rotatable bonds is 4. The Morgan fingerprint density at radius 3 is 2.45 bits per heavy atom. The summed E-state index contributed by atoms with van der Waals surface area (Å²) in [6.45, 7) is 0.142. The topological polar surface area (TPSA) is 71.0 Å². The Balaban J connectivity index is 1.58. The van der Waals surface area contributed by atoms with Gasteiger partial charge in [-0.05, 0) is 24.5 Å². The summed E-state index contributed by atoms with van der Waals surface area (Å²) in [6.07, 6.45) is 5.24. The van der Waals surface area contributed by atoms with Crippen LogP contribution in [0.1, 0.15) is 49.7 Å². The Labute approximate surface area is 183 Å². The molecular weight excluding hydrogens is 390 g/mol. The zero-order chi connectivity index (χ0) is 21.6. The van der Waals surface area contributed by atoms with Crippen LogP contribution in [0.5, 0.6) is 0 Å². The highest BCUT2D eigenvalue weighted by Gasteiger charge is 2.33. The molecule has 6 heteroatoms. The first-order valence-corrected chi connectivity index (χ1v) is 11.1. The number of carbonyl (C=O) groups excluding carboxylic acids is 2. The highest BCUT2D eigenvalue weighted by molar-refractivity contribution is 6.13. The van der Waals surface area contributed by atoms with E-state index in [-0.39, 0.29) is 18.4 Å². The van der Waals surface area contributed by atoms with E-state index in [2.05, 4.69) is 5.32 Å². The lowest BCUT2D eigenvalue weighted by atomic mass is 9.89. The normalized spacial score (nSPS) is 19.6. The molecule has 1 atom stereocenters. The van der Waals surface area contributed by atoms with Crippen LogP contribution in [0.4, 0.5) is 10.5 Å². The zero-order valence-electron chi connectivity index (χ0n) is 17.9. The van der Waals surface area contributed by atoms with Gasteiger partial charge in [0.15, 0.2) is 0 Å². The molecule has 4 rings (SSSR count). The molecule has 1 saturated carbocycles. The first-order chi connectivity index (χ1) is 15.1. The number of benzene rings is 2. The number of carbonyl (C=O) groups is 2. The number of amides is 2. The van der Waals surface area contributed by atoms with Gasteiger partial charge in [0.25, 0.3) is 5.91 Å². The number of fused-ring (bicyclic) bond motifs is 1. The van der Waals surface area contributed by atoms with Gasteiger partial charge in [-0.2, -0.15) is 0 Å². The van der Waals surface area contributed by atoms with Crippen molar-refractivity contribution in [1.29, 1.82) is 0 Å². The van der Waals surface area contributed by atoms with Gasteiger partial charge in [0.05, 0.1) is 11.4 Å². The monoisotopic (exact) mass is 419 g/mol. The van der Waals surface area contributed by atoms with Crippen molar-refractivity contribution in [3.63, 3.8) is 0 Å². The number of nitrogens with one attached hydrogen (secondary N) is 1. The second-order valence-corrected chi connectivity index (χ2v) is 8.23. The summed E-state index contributed by atoms with van der Waals surface area (Å²) in [4.78, 5) is 32.1. The summed E-state index contributed by atoms with van der Waals surface area (Å²) in [7, 11) is 1.73. The molecule has 2 aliphatic rings. The Kier molecular flexibility index (Phi) is 6.65. The number of alkyl carbamates (subject to hydrolysis) is 1. The molecule has 1 aliphatic heterocycles. The summed E-state index contributed by atoms with van der Waals surface area (Å²) in [5.41, 5.74) is 3.62. The van der Waals surface area contributed by atoms with E-state index in [4.69, 9.17) is 9.73 Å². The standard InChI is InChI=1S/C25H29N3O3/c1-28-21-16-10-9-15-20(21)22(19-13-7-2-3-8-14-19)26-23(24(28)29)27-25(30)31-17-18-11-5-4-6-12-18/h4-6,9-12,15-16,19,23H,2-3,7-8,13-14,17H2,1H3,(H,27,30)/t23-/m0/s1. The van der Waals surface area contributed by atoms with Crippen molar-refractivity contribution in [3.8, 4) is 0 Å². The molecule has 1 heterocycles. The van der Waals surface area contributed by atoms with Gasteiger partial charge in [0.2, 0.25) is 6.17 Å². The second-order valence-electron chi connectivity index (χ2n) is 8.23. The molecule has 0 aromatic heterocycles. The van der Waals surface area contributed by atoms with Gasteiger partial charge in [-0.1, -0.05) is 74.2 Å². The number of hydrogen-bond donors (Lipinski definition) is 1. The SMILES string of the molecule is CN1C(=O)[C@H](NC(=O)OCc2ccccc2)N=C(C2CCCCCC2)c2ccccc21. The van der Waals surface area contributed by atoms with Crippen LogP contribution in [-0.4, -0.2) is 30.9 Å². The maximum absolute atomic E-state index is 13.2. The molecule has 1 N–H and O–H groups in total. The highest BCUT2D eigenvalue weighted by atomic mass is 16.5. The predicted octanol–water partition coefficient (Wildman–Crippen LogP) is 4.68. The van der Waals surface area contributed by atoms with Gasteiger partial charge in [0, 0.05) is 18.5 Å². The quantitative estimate of drug-likeness (QED) is 0.732. The average molecular weight is 420 g/mol. The molecule has 2 aromatic rings. The van der Waals surface area contributed by atoms with Gasteiger partial charge in [-0.15, -0.1) is 0 Å². The lowest BCUT2D eigenvalue weighted by Crippen LogP contribution is -2.46. The van der Waals surface area contributed by atoms with Gasteiger partial charge in [-0.3, -0.25) is 15.1 Å². The van der Waals surface area contributed by atoms with Crippen LogP contribution in [0.3, 0.4) is 0 Å². The molecule has 0 unspecified atom stereocenters. The van der Waals surface area contributed by atoms with Crippen molar-refractivity contribution in [2.45, 2.75) is 51.3 Å². The lowest BCUT2D eigenvalue weighted by molar-refractivity contribution is -0.120. The summed E-state index contributed by atoms with van der Waals surface area (Å²) in [5.74, 6) is 0.0142. The maximum Gasteiger partial charge on any atom is 0.409 e. The minimum absolute atomic E-state index is 0.142. The third-order valence-electron chi connectivity index (χ3n) is 6.08. The fourth-order valence-corrected chi connectivity index (χ4v) is 4.40. The van der Waals surface area contributed by atoms with Crippen LogP contribution in [0, 0.1) is 5.92 Å². The van der Waals surface area contributed by atoms with E-state index in [1.807, 2.05) is 54.6 Å². The molecule has 0 radical (unpaired) electrons. The minimum atomic E-state index is -1.00. The smallest absolute Gasteiger partial charge is 0.409 e. The second kappa shape index (κ2) is 9.77. The van der Waals surface area contributed by atoms with Crippen LogP contribution >= 0.6 is 0 Å². The van der Waals surface area contributed by atoms with Crippen molar-refractivity contribution in [1.82, 2.24) is 5.32 Å². The van der Waals surface area contributed by atoms with Gasteiger partial charge in [-0.25, -0.2) is 4.79 Å². The average Bonchev–Trinajstić information content (AvgIpc) is 3.13. The van der Waals surface area contributed by atoms with Crippen molar-refractivity contribution in [3.05, 3.63) is 65.7 Å². The molecule has 0 spiro atoms. The first kappa shape index (κ1) is 21.1. The third kappa shape index (κ3) is 4.95. The number of ether oxygens (including phenoxy) is 1. The van der Waals surface area contributed by atoms with Crippen LogP contribution in [0.25, 0.3) is 0 Å². The molecule has 162 valence electrons. The molecule has 2 aromatic carbocycles. The summed E-state index contributed by atoms with van der Waals surface area (Å²) in [5, 5.41) is 2.69. The number of para-hydroxylation sites is 1. The zero-order valence-corrected chi connectivity index (χ0v) is 17.9. The Bertz CT molecular complexity index is 949. The van der Waals surface area contributed by atoms with Crippen molar-refractivity contribution in [2.75, 3.05) is 11.9 Å². The van der Waals surface area contributed by atoms with E-state index in [0.717, 1.165) is 48.2 Å². The Morgan fingerprint density at radius 2 is 1.71 bits per heavy atom. The molecular formula is C25H29N3O3. The molecule has 0 saturated heterocycles. The fourth-order valence-electron chi connectivity index (χ4n) is 4.40. The molecule has 0 bridgehead atoms. The van der Waals surface area contributed by atoms with E-state index in [1.54, 1.807) is 11.9 Å². The molecule has 31 heavy (non-hydrogen) atoms. The van der Waals surface area contributed by atoms with Crippen LogP contribution in [-0.2, 0) is 16.1 Å². The highest BCUT2D eigenvalue weighted by Crippen LogP contribution is 2.32. The molecule has 1 fully saturated rings. The summed E-state index contributed by atoms with van der Waals surface area (Å²) >= 11 is 0. The molecule has 1 aliphatic carbocycles. The van der Waals surface area contributed by atoms with Crippen LogP contribution < -0.4 is 10.2 Å². The number of hydrogen-bond acceptors (Lipinski definition) is 4. The van der Waals surface area contributed by atoms with Crippen molar-refractivity contribution < 1.29 is 14.3 Å². The third-order valence-corrected chi connectivity index (χ3v) is 6.08. The van der Waals surface area contributed by atoms with E-state index >= 15 is 0 Å². The van der Waals surface area contributed by atoms with Crippen LogP contribution in [0.2, 0.25) is 0 Å². The molecule has 2 amide bonds. The van der Waals surface area contributed by atoms with Gasteiger partial charge in [0.1, 0.15) is 6.61 Å². The first-order valence-electron chi connectivity index (χ1n) is 11.1. The summed E-state index contributed by atoms with van der Waals surface area (Å²) < 4.78 is 5.34. The largest absolute Gasteiger partial charge is 0.445 e. The number of anilines is 1. The molecule has 6 nitrogen and oxygen atoms in total. The van der Waals surface area contributed by atoms with E-state index in [9.17, 15) is 9.59 Å². The van der Waals surface area contributed by atoms with Gasteiger partial charge < -0.3 is 9.64 Å². The van der Waals surface area contributed by atoms with E-state index in [1.165, 1.54) is 12.8 Å². The fraction of sp³-hybridized carbons (Fsp3) is 0.400. The van der Waals surface area contributed by atoms with E-state index < -0.39 is 12.3 Å². The van der Waals surface area contributed by atoms with Crippen molar-refractivity contribution in [2.24, 2.45) is 10.9 Å². The minimum Gasteiger partial charge on any atom is -0.445 e. The number of aliphatic imine (C=N–C) groups is 1. The lowest BCUT2D eigenvalue weighted by Gasteiger charge is -2.21. The predicted molar refractivity (Wildman–Crippen MR) is 121 cm³/mol. The van der Waals surface area contributed by atoms with Gasteiger partial charge >= 0.3 is 6.09 Å². The Hall–Kier alpha value is -3.15. The summed E-state index contributed by atoms with van der Waals surface area (Å²) in [6, 6.07) is 17.3. The van der Waals surface area contributed by atoms with Crippen molar-refractivity contribution >= 4 is 23.4 Å². The van der Waals surface area contributed by atoms with E-state index in [0.29, 0.717) is 0 Å². The number of likely N-dealkylation sites (N-methyl/N-ethyl adjacent to an activating group) is 1.